The largest absolute Gasteiger partial charge is 0.348 e. The van der Waals surface area contributed by atoms with Gasteiger partial charge in [-0.1, -0.05) is 13.8 Å². The second kappa shape index (κ2) is 6.34. The molecule has 4 nitrogen and oxygen atoms in total. The van der Waals surface area contributed by atoms with Gasteiger partial charge in [0.1, 0.15) is 5.82 Å². The standard InChI is InChI=1S/C14H26N4/c1-11-6-12(2)9-18(8-11)10-13(3)17-7-14-15-4-5-16-14/h4-5,11-13,17H,6-10H2,1-3H3,(H,15,16)/t11-,12+,13-/m0/s1. The Labute approximate surface area is 110 Å². The van der Waals surface area contributed by atoms with Crippen LogP contribution in [0.2, 0.25) is 0 Å². The topological polar surface area (TPSA) is 44.0 Å². The van der Waals surface area contributed by atoms with Gasteiger partial charge in [-0.3, -0.25) is 0 Å². The number of hydrogen-bond donors (Lipinski definition) is 2. The van der Waals surface area contributed by atoms with Crippen molar-refractivity contribution in [2.24, 2.45) is 11.8 Å². The molecule has 1 fully saturated rings. The molecule has 0 amide bonds. The van der Waals surface area contributed by atoms with Gasteiger partial charge in [-0.2, -0.15) is 0 Å². The van der Waals surface area contributed by atoms with Crippen molar-refractivity contribution >= 4 is 0 Å². The van der Waals surface area contributed by atoms with Gasteiger partial charge in [-0.25, -0.2) is 4.98 Å². The molecule has 1 aromatic rings. The van der Waals surface area contributed by atoms with Gasteiger partial charge >= 0.3 is 0 Å². The Kier molecular flexibility index (Phi) is 4.78. The molecule has 4 heteroatoms. The minimum Gasteiger partial charge on any atom is -0.348 e. The average Bonchev–Trinajstić information content (AvgIpc) is 2.77. The van der Waals surface area contributed by atoms with Gasteiger partial charge in [-0.05, 0) is 25.2 Å². The molecule has 18 heavy (non-hydrogen) atoms. The molecule has 2 N–H and O–H groups in total. The van der Waals surface area contributed by atoms with E-state index >= 15 is 0 Å². The number of aromatic amines is 1. The molecular formula is C14H26N4. The molecule has 1 aliphatic rings. The fourth-order valence-electron chi connectivity index (χ4n) is 3.06. The monoisotopic (exact) mass is 250 g/mol. The Bertz CT molecular complexity index is 326. The first-order valence-corrected chi connectivity index (χ1v) is 7.07. The van der Waals surface area contributed by atoms with Gasteiger partial charge in [0.25, 0.3) is 0 Å². The van der Waals surface area contributed by atoms with Crippen LogP contribution in [0.15, 0.2) is 12.4 Å². The number of imidazole rings is 1. The molecule has 0 aromatic carbocycles. The van der Waals surface area contributed by atoms with Crippen LogP contribution >= 0.6 is 0 Å². The lowest BCUT2D eigenvalue weighted by Crippen LogP contribution is -2.45. The number of likely N-dealkylation sites (tertiary alicyclic amines) is 1. The second-order valence-corrected chi connectivity index (χ2v) is 5.98. The maximum Gasteiger partial charge on any atom is 0.120 e. The summed E-state index contributed by atoms with van der Waals surface area (Å²) in [5, 5.41) is 3.53. The quantitative estimate of drug-likeness (QED) is 0.838. The van der Waals surface area contributed by atoms with Crippen molar-refractivity contribution in [3.05, 3.63) is 18.2 Å². The Morgan fingerprint density at radius 2 is 2.17 bits per heavy atom. The molecule has 1 aromatic heterocycles. The molecule has 2 rings (SSSR count). The van der Waals surface area contributed by atoms with E-state index in [1.807, 2.05) is 6.20 Å². The zero-order valence-electron chi connectivity index (χ0n) is 11.8. The fourth-order valence-corrected chi connectivity index (χ4v) is 3.06. The summed E-state index contributed by atoms with van der Waals surface area (Å²) in [6, 6.07) is 0.507. The highest BCUT2D eigenvalue weighted by Crippen LogP contribution is 2.20. The molecule has 2 heterocycles. The highest BCUT2D eigenvalue weighted by molar-refractivity contribution is 4.87. The van der Waals surface area contributed by atoms with Crippen LogP contribution in [-0.2, 0) is 6.54 Å². The van der Waals surface area contributed by atoms with Crippen molar-refractivity contribution in [2.45, 2.75) is 39.8 Å². The SMILES string of the molecule is C[C@@H]1C[C@H](C)CN(C[C@H](C)NCc2ncc[nH]2)C1. The van der Waals surface area contributed by atoms with Gasteiger partial charge in [0.05, 0.1) is 6.54 Å². The van der Waals surface area contributed by atoms with Crippen LogP contribution in [0.25, 0.3) is 0 Å². The van der Waals surface area contributed by atoms with Crippen molar-refractivity contribution in [3.63, 3.8) is 0 Å². The summed E-state index contributed by atoms with van der Waals surface area (Å²) in [4.78, 5) is 9.95. The third-order valence-electron chi connectivity index (χ3n) is 3.65. The van der Waals surface area contributed by atoms with E-state index < -0.39 is 0 Å². The first kappa shape index (κ1) is 13.6. The van der Waals surface area contributed by atoms with Crippen molar-refractivity contribution in [3.8, 4) is 0 Å². The minimum absolute atomic E-state index is 0.507. The predicted octanol–water partition coefficient (Wildman–Crippen LogP) is 1.87. The summed E-state index contributed by atoms with van der Waals surface area (Å²) in [5.74, 6) is 2.69. The second-order valence-electron chi connectivity index (χ2n) is 5.98. The Balaban J connectivity index is 1.71. The lowest BCUT2D eigenvalue weighted by Gasteiger charge is -2.36. The molecule has 0 radical (unpaired) electrons. The molecule has 0 saturated carbocycles. The van der Waals surface area contributed by atoms with Gasteiger partial charge in [0, 0.05) is 38.1 Å². The lowest BCUT2D eigenvalue weighted by atomic mass is 9.92. The fraction of sp³-hybridized carbons (Fsp3) is 0.786. The molecule has 0 aliphatic carbocycles. The van der Waals surface area contributed by atoms with Crippen molar-refractivity contribution < 1.29 is 0 Å². The normalized spacial score (nSPS) is 27.3. The Morgan fingerprint density at radius 1 is 1.44 bits per heavy atom. The summed E-state index contributed by atoms with van der Waals surface area (Å²) >= 11 is 0. The van der Waals surface area contributed by atoms with E-state index in [4.69, 9.17) is 0 Å². The Hall–Kier alpha value is -0.870. The number of aromatic nitrogens is 2. The minimum atomic E-state index is 0.507. The molecule has 1 saturated heterocycles. The number of hydrogen-bond acceptors (Lipinski definition) is 3. The van der Waals surface area contributed by atoms with Gasteiger partial charge < -0.3 is 15.2 Å². The lowest BCUT2D eigenvalue weighted by molar-refractivity contribution is 0.130. The van der Waals surface area contributed by atoms with Crippen molar-refractivity contribution in [1.29, 1.82) is 0 Å². The van der Waals surface area contributed by atoms with E-state index in [1.54, 1.807) is 6.20 Å². The number of H-pyrrole nitrogens is 1. The van der Waals surface area contributed by atoms with E-state index in [-0.39, 0.29) is 0 Å². The zero-order valence-corrected chi connectivity index (χ0v) is 11.8. The summed E-state index contributed by atoms with van der Waals surface area (Å²) in [6.45, 7) is 11.4. The summed E-state index contributed by atoms with van der Waals surface area (Å²) < 4.78 is 0. The van der Waals surface area contributed by atoms with Gasteiger partial charge in [0.15, 0.2) is 0 Å². The maximum atomic E-state index is 4.23. The summed E-state index contributed by atoms with van der Waals surface area (Å²) in [7, 11) is 0. The van der Waals surface area contributed by atoms with Gasteiger partial charge in [0.2, 0.25) is 0 Å². The highest BCUT2D eigenvalue weighted by atomic mass is 15.2. The summed E-state index contributed by atoms with van der Waals surface area (Å²) in [5.41, 5.74) is 0. The van der Waals surface area contributed by atoms with Crippen LogP contribution in [0.3, 0.4) is 0 Å². The van der Waals surface area contributed by atoms with Crippen LogP contribution < -0.4 is 5.32 Å². The summed E-state index contributed by atoms with van der Waals surface area (Å²) in [6.07, 6.45) is 5.05. The Morgan fingerprint density at radius 3 is 2.78 bits per heavy atom. The van der Waals surface area contributed by atoms with E-state index in [0.717, 1.165) is 30.7 Å². The van der Waals surface area contributed by atoms with Crippen molar-refractivity contribution in [2.75, 3.05) is 19.6 Å². The molecular weight excluding hydrogens is 224 g/mol. The van der Waals surface area contributed by atoms with Crippen LogP contribution in [0, 0.1) is 11.8 Å². The smallest absolute Gasteiger partial charge is 0.120 e. The molecule has 0 spiro atoms. The van der Waals surface area contributed by atoms with Crippen LogP contribution in [-0.4, -0.2) is 40.5 Å². The molecule has 0 unspecified atom stereocenters. The average molecular weight is 250 g/mol. The predicted molar refractivity (Wildman–Crippen MR) is 74.3 cm³/mol. The number of nitrogens with one attached hydrogen (secondary N) is 2. The zero-order chi connectivity index (χ0) is 13.0. The number of piperidine rings is 1. The van der Waals surface area contributed by atoms with E-state index in [9.17, 15) is 0 Å². The van der Waals surface area contributed by atoms with E-state index in [2.05, 4.69) is 41.0 Å². The van der Waals surface area contributed by atoms with E-state index in [0.29, 0.717) is 6.04 Å². The van der Waals surface area contributed by atoms with Crippen LogP contribution in [0.4, 0.5) is 0 Å². The maximum absolute atomic E-state index is 4.23. The molecule has 102 valence electrons. The highest BCUT2D eigenvalue weighted by Gasteiger charge is 2.22. The van der Waals surface area contributed by atoms with Gasteiger partial charge in [-0.15, -0.1) is 0 Å². The van der Waals surface area contributed by atoms with Crippen LogP contribution in [0.5, 0.6) is 0 Å². The van der Waals surface area contributed by atoms with Crippen LogP contribution in [0.1, 0.15) is 33.0 Å². The third kappa shape index (κ3) is 4.10. The molecule has 1 aliphatic heterocycles. The number of nitrogens with zero attached hydrogens (tertiary/aromatic N) is 2. The van der Waals surface area contributed by atoms with E-state index in [1.165, 1.54) is 19.5 Å². The molecule has 0 bridgehead atoms. The first-order valence-electron chi connectivity index (χ1n) is 7.07. The first-order chi connectivity index (χ1) is 8.63. The number of rotatable bonds is 5. The third-order valence-corrected chi connectivity index (χ3v) is 3.65. The molecule has 3 atom stereocenters. The van der Waals surface area contributed by atoms with Crippen molar-refractivity contribution in [1.82, 2.24) is 20.2 Å².